The summed E-state index contributed by atoms with van der Waals surface area (Å²) >= 11 is 1.38. The van der Waals surface area contributed by atoms with Crippen LogP contribution in [0.25, 0.3) is 5.69 Å². The maximum Gasteiger partial charge on any atom is 0.237 e. The van der Waals surface area contributed by atoms with E-state index in [2.05, 4.69) is 15.5 Å². The number of hydrogen-bond acceptors (Lipinski definition) is 5. The van der Waals surface area contributed by atoms with Gasteiger partial charge < -0.3 is 5.32 Å². The van der Waals surface area contributed by atoms with E-state index >= 15 is 0 Å². The minimum absolute atomic E-state index is 0.0757. The number of thioether (sulfide) groups is 1. The summed E-state index contributed by atoms with van der Waals surface area (Å²) in [7, 11) is 1.87. The smallest absolute Gasteiger partial charge is 0.237 e. The molecule has 1 amide bonds. The number of hydrogen-bond donors (Lipinski definition) is 1. The van der Waals surface area contributed by atoms with E-state index in [4.69, 9.17) is 4.98 Å². The van der Waals surface area contributed by atoms with Crippen LogP contribution >= 0.6 is 11.8 Å². The Hall–Kier alpha value is -2.61. The fourth-order valence-electron chi connectivity index (χ4n) is 3.11. The van der Waals surface area contributed by atoms with Crippen LogP contribution in [0.2, 0.25) is 0 Å². The Morgan fingerprint density at radius 1 is 1.21 bits per heavy atom. The van der Waals surface area contributed by atoms with Gasteiger partial charge >= 0.3 is 0 Å². The van der Waals surface area contributed by atoms with E-state index in [9.17, 15) is 4.79 Å². The van der Waals surface area contributed by atoms with Crippen molar-refractivity contribution in [2.45, 2.75) is 49.9 Å². The van der Waals surface area contributed by atoms with Crippen molar-refractivity contribution in [3.05, 3.63) is 47.5 Å². The number of carbonyl (C=O) groups is 1. The zero-order chi connectivity index (χ0) is 19.8. The quantitative estimate of drug-likeness (QED) is 0.644. The zero-order valence-corrected chi connectivity index (χ0v) is 17.3. The van der Waals surface area contributed by atoms with Gasteiger partial charge in [0.1, 0.15) is 5.82 Å². The second-order valence-corrected chi connectivity index (χ2v) is 8.50. The predicted molar refractivity (Wildman–Crippen MR) is 110 cm³/mol. The highest BCUT2D eigenvalue weighted by Gasteiger charge is 2.31. The lowest BCUT2D eigenvalue weighted by Gasteiger charge is -2.10. The van der Waals surface area contributed by atoms with Crippen molar-refractivity contribution in [2.24, 2.45) is 7.05 Å². The fraction of sp³-hybridized carbons (Fsp3) is 0.400. The summed E-state index contributed by atoms with van der Waals surface area (Å²) in [6.45, 7) is 5.71. The van der Waals surface area contributed by atoms with E-state index < -0.39 is 0 Å². The highest BCUT2D eigenvalue weighted by Crippen LogP contribution is 2.40. The predicted octanol–water partition coefficient (Wildman–Crippen LogP) is 3.61. The third-order valence-electron chi connectivity index (χ3n) is 4.96. The normalized spacial score (nSPS) is 14.9. The minimum atomic E-state index is -0.322. The minimum Gasteiger partial charge on any atom is -0.322 e. The third-order valence-corrected chi connectivity index (χ3v) is 5.92. The summed E-state index contributed by atoms with van der Waals surface area (Å²) in [4.78, 5) is 17.4. The van der Waals surface area contributed by atoms with Crippen LogP contribution in [0.3, 0.4) is 0 Å². The van der Waals surface area contributed by atoms with Crippen LogP contribution in [-0.2, 0) is 11.8 Å². The molecule has 0 radical (unpaired) electrons. The van der Waals surface area contributed by atoms with Crippen LogP contribution in [0.5, 0.6) is 0 Å². The molecule has 1 aromatic carbocycles. The number of anilines is 1. The SMILES string of the molecule is Cc1nn(C)c(C)c1NC(=O)[C@@H](C)Sc1nc(C2CC2)n(-c2ccccc2)n1. The van der Waals surface area contributed by atoms with Crippen molar-refractivity contribution in [1.29, 1.82) is 0 Å². The van der Waals surface area contributed by atoms with Crippen LogP contribution in [0.15, 0.2) is 35.5 Å². The van der Waals surface area contributed by atoms with Gasteiger partial charge in [0.25, 0.3) is 0 Å². The Morgan fingerprint density at radius 3 is 2.54 bits per heavy atom. The molecule has 8 heteroatoms. The molecule has 1 aliphatic carbocycles. The van der Waals surface area contributed by atoms with Gasteiger partial charge in [-0.25, -0.2) is 9.67 Å². The average molecular weight is 397 g/mol. The number of nitrogens with zero attached hydrogens (tertiary/aromatic N) is 5. The fourth-order valence-corrected chi connectivity index (χ4v) is 3.87. The van der Waals surface area contributed by atoms with Gasteiger partial charge in [-0.2, -0.15) is 5.10 Å². The second kappa shape index (κ2) is 7.43. The molecule has 2 heterocycles. The topological polar surface area (TPSA) is 77.6 Å². The summed E-state index contributed by atoms with van der Waals surface area (Å²) in [5, 5.41) is 12.3. The van der Waals surface area contributed by atoms with Crippen LogP contribution in [0.4, 0.5) is 5.69 Å². The molecule has 0 unspecified atom stereocenters. The molecule has 0 saturated heterocycles. The number of aryl methyl sites for hydroxylation is 2. The van der Waals surface area contributed by atoms with E-state index in [1.165, 1.54) is 11.8 Å². The molecule has 28 heavy (non-hydrogen) atoms. The Labute approximate surface area is 168 Å². The first-order chi connectivity index (χ1) is 13.4. The third kappa shape index (κ3) is 3.69. The Morgan fingerprint density at radius 2 is 1.93 bits per heavy atom. The van der Waals surface area contributed by atoms with Gasteiger partial charge in [-0.1, -0.05) is 30.0 Å². The van der Waals surface area contributed by atoms with E-state index in [0.29, 0.717) is 11.1 Å². The molecule has 1 atom stereocenters. The van der Waals surface area contributed by atoms with Crippen LogP contribution in [0, 0.1) is 13.8 Å². The van der Waals surface area contributed by atoms with Gasteiger partial charge in [0.05, 0.1) is 28.0 Å². The number of nitrogens with one attached hydrogen (secondary N) is 1. The first-order valence-electron chi connectivity index (χ1n) is 9.44. The van der Waals surface area contributed by atoms with Gasteiger partial charge in [-0.05, 0) is 45.7 Å². The number of benzene rings is 1. The Kier molecular flexibility index (Phi) is 4.97. The number of carbonyl (C=O) groups excluding carboxylic acids is 1. The van der Waals surface area contributed by atoms with Crippen LogP contribution < -0.4 is 5.32 Å². The molecule has 1 saturated carbocycles. The molecule has 1 N–H and O–H groups in total. The molecule has 146 valence electrons. The summed E-state index contributed by atoms with van der Waals surface area (Å²) < 4.78 is 3.69. The lowest BCUT2D eigenvalue weighted by molar-refractivity contribution is -0.115. The van der Waals surface area contributed by atoms with E-state index in [0.717, 1.165) is 41.4 Å². The molecule has 7 nitrogen and oxygen atoms in total. The summed E-state index contributed by atoms with van der Waals surface area (Å²) in [5.74, 6) is 1.38. The lowest BCUT2D eigenvalue weighted by Crippen LogP contribution is -2.23. The number of amides is 1. The standard InChI is InChI=1S/C20H24N6OS/c1-12-17(13(2)25(4)23-12)21-19(27)14(3)28-20-22-18(15-10-11-15)26(24-20)16-8-6-5-7-9-16/h5-9,14-15H,10-11H2,1-4H3,(H,21,27)/t14-/m1/s1. The van der Waals surface area contributed by atoms with Gasteiger partial charge in [0.15, 0.2) is 0 Å². The van der Waals surface area contributed by atoms with Crippen molar-refractivity contribution in [3.63, 3.8) is 0 Å². The molecule has 0 spiro atoms. The molecular weight excluding hydrogens is 372 g/mol. The largest absolute Gasteiger partial charge is 0.322 e. The van der Waals surface area contributed by atoms with Gasteiger partial charge in [-0.3, -0.25) is 9.48 Å². The zero-order valence-electron chi connectivity index (χ0n) is 16.5. The lowest BCUT2D eigenvalue weighted by atomic mass is 10.3. The number of rotatable bonds is 6. The molecule has 0 bridgehead atoms. The van der Waals surface area contributed by atoms with Crippen molar-refractivity contribution in [2.75, 3.05) is 5.32 Å². The van der Waals surface area contributed by atoms with Crippen molar-refractivity contribution < 1.29 is 4.79 Å². The maximum absolute atomic E-state index is 12.7. The highest BCUT2D eigenvalue weighted by atomic mass is 32.2. The highest BCUT2D eigenvalue weighted by molar-refractivity contribution is 8.00. The maximum atomic E-state index is 12.7. The van der Waals surface area contributed by atoms with Crippen LogP contribution in [-0.4, -0.2) is 35.7 Å². The molecule has 1 fully saturated rings. The number of para-hydroxylation sites is 1. The summed E-state index contributed by atoms with van der Waals surface area (Å²) in [6.07, 6.45) is 2.29. The molecule has 2 aromatic heterocycles. The molecule has 4 rings (SSSR count). The Balaban J connectivity index is 1.51. The van der Waals surface area contributed by atoms with Crippen LogP contribution in [0.1, 0.15) is 42.9 Å². The van der Waals surface area contributed by atoms with Gasteiger partial charge in [0, 0.05) is 13.0 Å². The molecule has 0 aliphatic heterocycles. The van der Waals surface area contributed by atoms with Gasteiger partial charge in [0.2, 0.25) is 11.1 Å². The van der Waals surface area contributed by atoms with Crippen molar-refractivity contribution in [3.8, 4) is 5.69 Å². The monoisotopic (exact) mass is 396 g/mol. The van der Waals surface area contributed by atoms with Gasteiger partial charge in [-0.15, -0.1) is 5.10 Å². The summed E-state index contributed by atoms with van der Waals surface area (Å²) in [5.41, 5.74) is 3.53. The second-order valence-electron chi connectivity index (χ2n) is 7.19. The first-order valence-corrected chi connectivity index (χ1v) is 10.3. The van der Waals surface area contributed by atoms with E-state index in [1.807, 2.05) is 62.8 Å². The molecule has 1 aliphatic rings. The van der Waals surface area contributed by atoms with Crippen molar-refractivity contribution >= 4 is 23.4 Å². The summed E-state index contributed by atoms with van der Waals surface area (Å²) in [6, 6.07) is 10.0. The molecular formula is C20H24N6OS. The Bertz CT molecular complexity index is 1010. The van der Waals surface area contributed by atoms with E-state index in [1.54, 1.807) is 4.68 Å². The van der Waals surface area contributed by atoms with Crippen molar-refractivity contribution in [1.82, 2.24) is 24.5 Å². The first kappa shape index (κ1) is 18.7. The number of aromatic nitrogens is 5. The molecule has 3 aromatic rings. The average Bonchev–Trinajstić information content (AvgIpc) is 3.40. The van der Waals surface area contributed by atoms with E-state index in [-0.39, 0.29) is 11.2 Å².